The first-order valence-corrected chi connectivity index (χ1v) is 8.32. The second kappa shape index (κ2) is 7.24. The van der Waals surface area contributed by atoms with Crippen LogP contribution in [0.1, 0.15) is 38.7 Å². The van der Waals surface area contributed by atoms with Crippen LogP contribution < -0.4 is 0 Å². The van der Waals surface area contributed by atoms with Crippen LogP contribution in [0.25, 0.3) is 5.57 Å². The van der Waals surface area contributed by atoms with E-state index in [0.29, 0.717) is 24.0 Å². The van der Waals surface area contributed by atoms with Crippen molar-refractivity contribution in [2.24, 2.45) is 0 Å². The zero-order valence-electron chi connectivity index (χ0n) is 11.8. The molecular formula is C15H20O4S. The van der Waals surface area contributed by atoms with Gasteiger partial charge in [0, 0.05) is 6.08 Å². The highest BCUT2D eigenvalue weighted by atomic mass is 32.2. The van der Waals surface area contributed by atoms with Crippen LogP contribution in [0, 0.1) is 0 Å². The standard InChI is InChI=1S/C15H20O4S/c1-3-6-12(11-15(16)17)13-7-5-8-14(10-13)20(18,19)9-4-2/h5,7-8,10-11H,3-4,6,9H2,1-2H3,(H,16,17)/b12-11+. The molecule has 0 unspecified atom stereocenters. The van der Waals surface area contributed by atoms with Crippen LogP contribution in [0.2, 0.25) is 0 Å². The maximum atomic E-state index is 12.1. The second-order valence-corrected chi connectivity index (χ2v) is 6.71. The van der Waals surface area contributed by atoms with Crippen LogP contribution >= 0.6 is 0 Å². The molecular weight excluding hydrogens is 276 g/mol. The van der Waals surface area contributed by atoms with Gasteiger partial charge in [-0.3, -0.25) is 0 Å². The summed E-state index contributed by atoms with van der Waals surface area (Å²) < 4.78 is 24.1. The topological polar surface area (TPSA) is 71.4 Å². The molecule has 0 saturated carbocycles. The predicted molar refractivity (Wildman–Crippen MR) is 79.3 cm³/mol. The van der Waals surface area contributed by atoms with Crippen LogP contribution in [-0.2, 0) is 14.6 Å². The first-order valence-electron chi connectivity index (χ1n) is 6.67. The number of hydrogen-bond donors (Lipinski definition) is 1. The fourth-order valence-electron chi connectivity index (χ4n) is 1.99. The number of carboxylic acids is 1. The molecule has 0 radical (unpaired) electrons. The monoisotopic (exact) mass is 296 g/mol. The van der Waals surface area contributed by atoms with Gasteiger partial charge in [-0.1, -0.05) is 32.4 Å². The molecule has 0 amide bonds. The maximum Gasteiger partial charge on any atom is 0.328 e. The SMILES string of the molecule is CCC/C(=C\C(=O)O)c1cccc(S(=O)(=O)CCC)c1. The van der Waals surface area contributed by atoms with Gasteiger partial charge in [0.1, 0.15) is 0 Å². The van der Waals surface area contributed by atoms with E-state index in [0.717, 1.165) is 12.5 Å². The van der Waals surface area contributed by atoms with E-state index in [-0.39, 0.29) is 10.6 Å². The molecule has 0 fully saturated rings. The largest absolute Gasteiger partial charge is 0.478 e. The Kier molecular flexibility index (Phi) is 5.95. The Bertz CT molecular complexity index is 600. The Morgan fingerprint density at radius 3 is 2.50 bits per heavy atom. The average Bonchev–Trinajstić information content (AvgIpc) is 2.38. The average molecular weight is 296 g/mol. The van der Waals surface area contributed by atoms with Gasteiger partial charge in [0.15, 0.2) is 9.84 Å². The lowest BCUT2D eigenvalue weighted by molar-refractivity contribution is -0.131. The van der Waals surface area contributed by atoms with E-state index in [1.807, 2.05) is 13.8 Å². The third-order valence-electron chi connectivity index (χ3n) is 2.85. The summed E-state index contributed by atoms with van der Waals surface area (Å²) in [5.41, 5.74) is 1.31. The molecule has 0 spiro atoms. The number of carbonyl (C=O) groups is 1. The molecule has 5 heteroatoms. The molecule has 20 heavy (non-hydrogen) atoms. The summed E-state index contributed by atoms with van der Waals surface area (Å²) in [5.74, 6) is -0.919. The molecule has 0 aliphatic heterocycles. The van der Waals surface area contributed by atoms with Crippen molar-refractivity contribution in [3.05, 3.63) is 35.9 Å². The van der Waals surface area contributed by atoms with E-state index in [4.69, 9.17) is 5.11 Å². The van der Waals surface area contributed by atoms with Crippen molar-refractivity contribution in [1.29, 1.82) is 0 Å². The van der Waals surface area contributed by atoms with Crippen LogP contribution in [0.3, 0.4) is 0 Å². The molecule has 0 heterocycles. The van der Waals surface area contributed by atoms with Gasteiger partial charge in [0.05, 0.1) is 10.6 Å². The van der Waals surface area contributed by atoms with Gasteiger partial charge in [-0.2, -0.15) is 0 Å². The Morgan fingerprint density at radius 1 is 1.25 bits per heavy atom. The molecule has 0 saturated heterocycles. The minimum Gasteiger partial charge on any atom is -0.478 e. The van der Waals surface area contributed by atoms with Crippen molar-refractivity contribution in [1.82, 2.24) is 0 Å². The number of benzene rings is 1. The van der Waals surface area contributed by atoms with Crippen LogP contribution in [-0.4, -0.2) is 25.2 Å². The first kappa shape index (κ1) is 16.4. The minimum atomic E-state index is -3.28. The van der Waals surface area contributed by atoms with Crippen molar-refractivity contribution >= 4 is 21.4 Å². The van der Waals surface area contributed by atoms with E-state index >= 15 is 0 Å². The normalized spacial score (nSPS) is 12.4. The quantitative estimate of drug-likeness (QED) is 0.785. The summed E-state index contributed by atoms with van der Waals surface area (Å²) >= 11 is 0. The van der Waals surface area contributed by atoms with Gasteiger partial charge in [-0.25, -0.2) is 13.2 Å². The number of aliphatic carboxylic acids is 1. The van der Waals surface area contributed by atoms with Gasteiger partial charge < -0.3 is 5.11 Å². The highest BCUT2D eigenvalue weighted by Crippen LogP contribution is 2.23. The predicted octanol–water partition coefficient (Wildman–Crippen LogP) is 3.14. The number of sulfone groups is 1. The summed E-state index contributed by atoms with van der Waals surface area (Å²) in [6.45, 7) is 3.77. The van der Waals surface area contributed by atoms with Crippen LogP contribution in [0.15, 0.2) is 35.2 Å². The zero-order valence-corrected chi connectivity index (χ0v) is 12.6. The molecule has 4 nitrogen and oxygen atoms in total. The summed E-state index contributed by atoms with van der Waals surface area (Å²) in [6.07, 6.45) is 3.10. The number of allylic oxidation sites excluding steroid dienone is 1. The van der Waals surface area contributed by atoms with E-state index in [1.54, 1.807) is 24.3 Å². The summed E-state index contributed by atoms with van der Waals surface area (Å²) in [6, 6.07) is 6.52. The lowest BCUT2D eigenvalue weighted by Crippen LogP contribution is -2.06. The van der Waals surface area contributed by atoms with Crippen molar-refractivity contribution in [3.8, 4) is 0 Å². The Morgan fingerprint density at radius 2 is 1.95 bits per heavy atom. The first-order chi connectivity index (χ1) is 9.40. The molecule has 1 aromatic rings. The Hall–Kier alpha value is -1.62. The van der Waals surface area contributed by atoms with Gasteiger partial charge >= 0.3 is 5.97 Å². The molecule has 1 rings (SSSR count). The summed E-state index contributed by atoms with van der Waals surface area (Å²) in [5, 5.41) is 8.89. The summed E-state index contributed by atoms with van der Waals surface area (Å²) in [7, 11) is -3.28. The van der Waals surface area contributed by atoms with Crippen molar-refractivity contribution in [2.75, 3.05) is 5.75 Å². The second-order valence-electron chi connectivity index (χ2n) is 4.60. The van der Waals surface area contributed by atoms with Gasteiger partial charge in [0.2, 0.25) is 0 Å². The number of hydrogen-bond acceptors (Lipinski definition) is 3. The van der Waals surface area contributed by atoms with Gasteiger partial charge in [0.25, 0.3) is 0 Å². The molecule has 0 bridgehead atoms. The molecule has 1 aromatic carbocycles. The highest BCUT2D eigenvalue weighted by Gasteiger charge is 2.14. The van der Waals surface area contributed by atoms with E-state index in [9.17, 15) is 13.2 Å². The number of carboxylic acid groups (broad SMARTS) is 1. The molecule has 0 atom stereocenters. The van der Waals surface area contributed by atoms with E-state index < -0.39 is 15.8 Å². The molecule has 110 valence electrons. The van der Waals surface area contributed by atoms with Crippen molar-refractivity contribution < 1.29 is 18.3 Å². The maximum absolute atomic E-state index is 12.1. The van der Waals surface area contributed by atoms with E-state index in [2.05, 4.69) is 0 Å². The molecule has 1 N–H and O–H groups in total. The molecule has 0 aromatic heterocycles. The molecule has 0 aliphatic carbocycles. The minimum absolute atomic E-state index is 0.0994. The van der Waals surface area contributed by atoms with Gasteiger partial charge in [-0.05, 0) is 36.1 Å². The van der Waals surface area contributed by atoms with Crippen LogP contribution in [0.5, 0.6) is 0 Å². The Balaban J connectivity index is 3.24. The summed E-state index contributed by atoms with van der Waals surface area (Å²) in [4.78, 5) is 11.1. The van der Waals surface area contributed by atoms with E-state index in [1.165, 1.54) is 0 Å². The number of rotatable bonds is 7. The fraction of sp³-hybridized carbons (Fsp3) is 0.400. The van der Waals surface area contributed by atoms with Crippen molar-refractivity contribution in [2.45, 2.75) is 38.0 Å². The lowest BCUT2D eigenvalue weighted by atomic mass is 10.0. The fourth-order valence-corrected chi connectivity index (χ4v) is 3.36. The molecule has 0 aliphatic rings. The Labute approximate surface area is 120 Å². The highest BCUT2D eigenvalue weighted by molar-refractivity contribution is 7.91. The lowest BCUT2D eigenvalue weighted by Gasteiger charge is -2.09. The third-order valence-corrected chi connectivity index (χ3v) is 4.77. The smallest absolute Gasteiger partial charge is 0.328 e. The van der Waals surface area contributed by atoms with Crippen LogP contribution in [0.4, 0.5) is 0 Å². The van der Waals surface area contributed by atoms with Gasteiger partial charge in [-0.15, -0.1) is 0 Å². The third kappa shape index (κ3) is 4.49. The zero-order chi connectivity index (χ0) is 15.2. The van der Waals surface area contributed by atoms with Crippen molar-refractivity contribution in [3.63, 3.8) is 0 Å².